The fourth-order valence-corrected chi connectivity index (χ4v) is 5.52. The van der Waals surface area contributed by atoms with Crippen LogP contribution in [0.3, 0.4) is 0 Å². The van der Waals surface area contributed by atoms with E-state index >= 15 is 0 Å². The van der Waals surface area contributed by atoms with Crippen molar-refractivity contribution in [2.45, 2.75) is 76.5 Å². The van der Waals surface area contributed by atoms with Gasteiger partial charge >= 0.3 is 0 Å². The molecule has 4 aliphatic carbocycles. The van der Waals surface area contributed by atoms with Gasteiger partial charge in [-0.3, -0.25) is 0 Å². The normalized spacial score (nSPS) is 51.5. The number of hydrogen-bond donors (Lipinski definition) is 1. The second-order valence-corrected chi connectivity index (χ2v) is 7.63. The quantitative estimate of drug-likeness (QED) is 0.794. The summed E-state index contributed by atoms with van der Waals surface area (Å²) in [6, 6.07) is 0. The second kappa shape index (κ2) is 3.46. The predicted octanol–water partition coefficient (Wildman–Crippen LogP) is 3.85. The molecular weight excluding hydrogens is 215 g/mol. The largest absolute Gasteiger partial charge is 0.390 e. The van der Waals surface area contributed by atoms with E-state index in [1.165, 1.54) is 19.3 Å². The highest BCUT2D eigenvalue weighted by Crippen LogP contribution is 2.64. The van der Waals surface area contributed by atoms with E-state index in [1.54, 1.807) is 6.92 Å². The van der Waals surface area contributed by atoms with Gasteiger partial charge in [-0.05, 0) is 75.5 Å². The zero-order chi connectivity index (χ0) is 12.3. The molecule has 0 spiro atoms. The maximum absolute atomic E-state index is 14.4. The first-order valence-electron chi connectivity index (χ1n) is 7.25. The van der Waals surface area contributed by atoms with Gasteiger partial charge in [0.1, 0.15) is 5.67 Å². The molecule has 2 heteroatoms. The molecule has 4 rings (SSSR count). The summed E-state index contributed by atoms with van der Waals surface area (Å²) in [6.45, 7) is 3.69. The molecule has 0 aromatic heterocycles. The first-order valence-corrected chi connectivity index (χ1v) is 7.25. The standard InChI is InChI=1S/C15H25FO/c1-3-13(2,16)9-14-5-11-4-12(6-14)8-15(17,7-11)10-14/h11-12,17H,3-10H2,1-2H3. The third-order valence-corrected chi connectivity index (χ3v) is 5.63. The lowest BCUT2D eigenvalue weighted by atomic mass is 9.46. The summed E-state index contributed by atoms with van der Waals surface area (Å²) in [5, 5.41) is 10.6. The van der Waals surface area contributed by atoms with Crippen molar-refractivity contribution in [2.24, 2.45) is 17.3 Å². The van der Waals surface area contributed by atoms with Crippen LogP contribution in [0, 0.1) is 17.3 Å². The zero-order valence-corrected chi connectivity index (χ0v) is 11.1. The summed E-state index contributed by atoms with van der Waals surface area (Å²) >= 11 is 0. The lowest BCUT2D eigenvalue weighted by molar-refractivity contribution is -0.174. The van der Waals surface area contributed by atoms with Crippen molar-refractivity contribution in [1.82, 2.24) is 0 Å². The Bertz CT molecular complexity index is 309. The Morgan fingerprint density at radius 1 is 1.24 bits per heavy atom. The van der Waals surface area contributed by atoms with Crippen molar-refractivity contribution in [3.63, 3.8) is 0 Å². The minimum Gasteiger partial charge on any atom is -0.390 e. The maximum atomic E-state index is 14.4. The molecule has 3 unspecified atom stereocenters. The molecule has 4 fully saturated rings. The van der Waals surface area contributed by atoms with Crippen LogP contribution < -0.4 is 0 Å². The van der Waals surface area contributed by atoms with Gasteiger partial charge < -0.3 is 5.11 Å². The van der Waals surface area contributed by atoms with Crippen LogP contribution in [0.25, 0.3) is 0 Å². The van der Waals surface area contributed by atoms with Gasteiger partial charge in [-0.15, -0.1) is 0 Å². The van der Waals surface area contributed by atoms with Crippen molar-refractivity contribution in [2.75, 3.05) is 0 Å². The number of hydrogen-bond acceptors (Lipinski definition) is 1. The van der Waals surface area contributed by atoms with Gasteiger partial charge in [-0.25, -0.2) is 4.39 Å². The monoisotopic (exact) mass is 240 g/mol. The van der Waals surface area contributed by atoms with Crippen LogP contribution in [-0.2, 0) is 0 Å². The number of rotatable bonds is 3. The fraction of sp³-hybridized carbons (Fsp3) is 1.00. The Balaban J connectivity index is 1.84. The number of halogens is 1. The Hall–Kier alpha value is -0.110. The van der Waals surface area contributed by atoms with E-state index < -0.39 is 11.3 Å². The van der Waals surface area contributed by atoms with Crippen LogP contribution >= 0.6 is 0 Å². The van der Waals surface area contributed by atoms with Gasteiger partial charge in [-0.2, -0.15) is 0 Å². The van der Waals surface area contributed by atoms with E-state index in [-0.39, 0.29) is 5.41 Å². The Kier molecular flexibility index (Phi) is 2.44. The van der Waals surface area contributed by atoms with Crippen LogP contribution in [0.4, 0.5) is 4.39 Å². The second-order valence-electron chi connectivity index (χ2n) is 7.63. The molecule has 3 atom stereocenters. The summed E-state index contributed by atoms with van der Waals surface area (Å²) in [5.41, 5.74) is -1.35. The highest BCUT2D eigenvalue weighted by atomic mass is 19.1. The number of alkyl halides is 1. The third kappa shape index (κ3) is 2.03. The fourth-order valence-electron chi connectivity index (χ4n) is 5.52. The minimum absolute atomic E-state index is 0.123. The average Bonchev–Trinajstić information content (AvgIpc) is 2.11. The first kappa shape index (κ1) is 12.0. The molecule has 0 aromatic carbocycles. The smallest absolute Gasteiger partial charge is 0.108 e. The van der Waals surface area contributed by atoms with E-state index in [0.717, 1.165) is 19.3 Å². The van der Waals surface area contributed by atoms with Crippen molar-refractivity contribution in [1.29, 1.82) is 0 Å². The SMILES string of the molecule is CCC(C)(F)CC12CC3CC(CC(O)(C3)C1)C2. The van der Waals surface area contributed by atoms with E-state index in [2.05, 4.69) is 0 Å². The Labute approximate surface area is 104 Å². The molecule has 4 aliphatic rings. The van der Waals surface area contributed by atoms with Gasteiger partial charge in [0.15, 0.2) is 0 Å². The molecular formula is C15H25FO. The third-order valence-electron chi connectivity index (χ3n) is 5.63. The maximum Gasteiger partial charge on any atom is 0.108 e. The lowest BCUT2D eigenvalue weighted by Gasteiger charge is -2.61. The van der Waals surface area contributed by atoms with E-state index in [1.807, 2.05) is 6.92 Å². The van der Waals surface area contributed by atoms with Crippen molar-refractivity contribution >= 4 is 0 Å². The summed E-state index contributed by atoms with van der Waals surface area (Å²) < 4.78 is 14.4. The molecule has 0 heterocycles. The molecule has 0 saturated heterocycles. The van der Waals surface area contributed by atoms with Crippen LogP contribution in [0.1, 0.15) is 65.2 Å². The van der Waals surface area contributed by atoms with Crippen molar-refractivity contribution in [3.05, 3.63) is 0 Å². The van der Waals surface area contributed by atoms with Crippen molar-refractivity contribution in [3.8, 4) is 0 Å². The molecule has 0 amide bonds. The van der Waals surface area contributed by atoms with Gasteiger partial charge in [0.25, 0.3) is 0 Å². The summed E-state index contributed by atoms with van der Waals surface area (Å²) in [6.07, 6.45) is 7.75. The van der Waals surface area contributed by atoms with E-state index in [0.29, 0.717) is 24.7 Å². The van der Waals surface area contributed by atoms with E-state index in [4.69, 9.17) is 0 Å². The van der Waals surface area contributed by atoms with Crippen LogP contribution in [0.15, 0.2) is 0 Å². The Morgan fingerprint density at radius 2 is 1.82 bits per heavy atom. The lowest BCUT2D eigenvalue weighted by Crippen LogP contribution is -2.56. The van der Waals surface area contributed by atoms with Gasteiger partial charge in [0.2, 0.25) is 0 Å². The molecule has 4 bridgehead atoms. The Morgan fingerprint density at radius 3 is 2.29 bits per heavy atom. The van der Waals surface area contributed by atoms with Gasteiger partial charge in [0, 0.05) is 0 Å². The van der Waals surface area contributed by atoms with E-state index in [9.17, 15) is 9.50 Å². The van der Waals surface area contributed by atoms with Crippen LogP contribution in [0.2, 0.25) is 0 Å². The minimum atomic E-state index is -1.04. The molecule has 0 aromatic rings. The summed E-state index contributed by atoms with van der Waals surface area (Å²) in [5.74, 6) is 1.35. The molecule has 4 saturated carbocycles. The summed E-state index contributed by atoms with van der Waals surface area (Å²) in [4.78, 5) is 0. The number of aliphatic hydroxyl groups is 1. The first-order chi connectivity index (χ1) is 7.84. The topological polar surface area (TPSA) is 20.2 Å². The molecule has 0 radical (unpaired) electrons. The average molecular weight is 240 g/mol. The van der Waals surface area contributed by atoms with Gasteiger partial charge in [-0.1, -0.05) is 6.92 Å². The molecule has 98 valence electrons. The molecule has 1 N–H and O–H groups in total. The predicted molar refractivity (Wildman–Crippen MR) is 66.5 cm³/mol. The van der Waals surface area contributed by atoms with Crippen LogP contribution in [0.5, 0.6) is 0 Å². The zero-order valence-electron chi connectivity index (χ0n) is 11.1. The summed E-state index contributed by atoms with van der Waals surface area (Å²) in [7, 11) is 0. The highest BCUT2D eigenvalue weighted by molar-refractivity contribution is 5.09. The van der Waals surface area contributed by atoms with Crippen molar-refractivity contribution < 1.29 is 9.50 Å². The van der Waals surface area contributed by atoms with Gasteiger partial charge in [0.05, 0.1) is 5.60 Å². The van der Waals surface area contributed by atoms with Crippen LogP contribution in [-0.4, -0.2) is 16.4 Å². The molecule has 0 aliphatic heterocycles. The highest BCUT2D eigenvalue weighted by Gasteiger charge is 2.58. The molecule has 17 heavy (non-hydrogen) atoms. The molecule has 1 nitrogen and oxygen atoms in total.